The molecule has 7 heteroatoms. The SMILES string of the molecule is CN=C(NCc1ccccc1COC)NCc1ccc(C)cc1OCC1CCCO1.I. The van der Waals surface area contributed by atoms with E-state index in [4.69, 9.17) is 14.2 Å². The van der Waals surface area contributed by atoms with Crippen molar-refractivity contribution in [2.45, 2.75) is 45.6 Å². The number of nitrogens with zero attached hydrogens (tertiary/aromatic N) is 1. The summed E-state index contributed by atoms with van der Waals surface area (Å²) in [6, 6.07) is 14.5. The molecule has 2 N–H and O–H groups in total. The predicted molar refractivity (Wildman–Crippen MR) is 135 cm³/mol. The topological polar surface area (TPSA) is 64.1 Å². The van der Waals surface area contributed by atoms with Crippen LogP contribution in [0.2, 0.25) is 0 Å². The third kappa shape index (κ3) is 7.97. The van der Waals surface area contributed by atoms with Crippen molar-refractivity contribution in [3.05, 3.63) is 64.7 Å². The van der Waals surface area contributed by atoms with E-state index in [1.165, 1.54) is 16.7 Å². The second kappa shape index (κ2) is 13.5. The maximum atomic E-state index is 6.10. The van der Waals surface area contributed by atoms with E-state index < -0.39 is 0 Å². The Morgan fingerprint density at radius 2 is 1.84 bits per heavy atom. The number of aliphatic imine (C=N–C) groups is 1. The van der Waals surface area contributed by atoms with Crippen LogP contribution in [-0.4, -0.2) is 39.4 Å². The highest BCUT2D eigenvalue weighted by molar-refractivity contribution is 14.0. The van der Waals surface area contributed by atoms with Gasteiger partial charge in [-0.1, -0.05) is 36.4 Å². The highest BCUT2D eigenvalue weighted by Crippen LogP contribution is 2.22. The molecule has 170 valence electrons. The van der Waals surface area contributed by atoms with Crippen molar-refractivity contribution < 1.29 is 14.2 Å². The molecule has 2 aromatic carbocycles. The molecule has 0 amide bonds. The molecule has 0 saturated carbocycles. The Morgan fingerprint density at radius 1 is 1.10 bits per heavy atom. The quantitative estimate of drug-likeness (QED) is 0.285. The van der Waals surface area contributed by atoms with Crippen LogP contribution in [0.4, 0.5) is 0 Å². The molecule has 0 spiro atoms. The molecule has 1 fully saturated rings. The summed E-state index contributed by atoms with van der Waals surface area (Å²) < 4.78 is 17.1. The fourth-order valence-corrected chi connectivity index (χ4v) is 3.51. The number of benzene rings is 2. The fraction of sp³-hybridized carbons (Fsp3) is 0.458. The van der Waals surface area contributed by atoms with Crippen LogP contribution in [0.5, 0.6) is 5.75 Å². The fourth-order valence-electron chi connectivity index (χ4n) is 3.51. The Kier molecular flexibility index (Phi) is 11.1. The number of ether oxygens (including phenoxy) is 3. The summed E-state index contributed by atoms with van der Waals surface area (Å²) in [5.74, 6) is 1.65. The van der Waals surface area contributed by atoms with E-state index in [0.717, 1.165) is 36.7 Å². The van der Waals surface area contributed by atoms with E-state index in [0.29, 0.717) is 26.3 Å². The van der Waals surface area contributed by atoms with Gasteiger partial charge in [0.05, 0.1) is 12.7 Å². The number of nitrogens with one attached hydrogen (secondary N) is 2. The van der Waals surface area contributed by atoms with Crippen LogP contribution in [-0.2, 0) is 29.2 Å². The molecule has 1 aliphatic heterocycles. The van der Waals surface area contributed by atoms with Gasteiger partial charge in [0.2, 0.25) is 0 Å². The highest BCUT2D eigenvalue weighted by Gasteiger charge is 2.17. The van der Waals surface area contributed by atoms with Crippen LogP contribution in [0.1, 0.15) is 35.1 Å². The van der Waals surface area contributed by atoms with Gasteiger partial charge >= 0.3 is 0 Å². The van der Waals surface area contributed by atoms with Gasteiger partial charge < -0.3 is 24.8 Å². The summed E-state index contributed by atoms with van der Waals surface area (Å²) in [5, 5.41) is 6.78. The van der Waals surface area contributed by atoms with Gasteiger partial charge in [-0.05, 0) is 42.5 Å². The van der Waals surface area contributed by atoms with Crippen LogP contribution in [0.25, 0.3) is 0 Å². The number of methoxy groups -OCH3 is 1. The van der Waals surface area contributed by atoms with E-state index in [9.17, 15) is 0 Å². The first-order valence-electron chi connectivity index (χ1n) is 10.5. The summed E-state index contributed by atoms with van der Waals surface area (Å²) >= 11 is 0. The van der Waals surface area contributed by atoms with Gasteiger partial charge in [-0.25, -0.2) is 0 Å². The average molecular weight is 539 g/mol. The Morgan fingerprint density at radius 3 is 2.52 bits per heavy atom. The summed E-state index contributed by atoms with van der Waals surface area (Å²) in [6.45, 7) is 5.41. The second-order valence-corrected chi connectivity index (χ2v) is 7.54. The molecule has 0 bridgehead atoms. The lowest BCUT2D eigenvalue weighted by Gasteiger charge is -2.17. The molecule has 1 unspecified atom stereocenters. The zero-order valence-corrected chi connectivity index (χ0v) is 21.0. The van der Waals surface area contributed by atoms with Crippen LogP contribution in [0.15, 0.2) is 47.5 Å². The predicted octanol–water partition coefficient (Wildman–Crippen LogP) is 4.18. The second-order valence-electron chi connectivity index (χ2n) is 7.54. The summed E-state index contributed by atoms with van der Waals surface area (Å²) in [5.41, 5.74) is 4.64. The number of hydrogen-bond acceptors (Lipinski definition) is 4. The molecular weight excluding hydrogens is 505 g/mol. The molecule has 1 saturated heterocycles. The summed E-state index contributed by atoms with van der Waals surface area (Å²) in [6.07, 6.45) is 2.39. The number of guanidine groups is 1. The van der Waals surface area contributed by atoms with Crippen molar-refractivity contribution in [1.29, 1.82) is 0 Å². The normalized spacial score (nSPS) is 16.0. The molecule has 31 heavy (non-hydrogen) atoms. The zero-order valence-electron chi connectivity index (χ0n) is 18.6. The third-order valence-corrected chi connectivity index (χ3v) is 5.21. The number of aryl methyl sites for hydroxylation is 1. The Bertz CT molecular complexity index is 839. The van der Waals surface area contributed by atoms with E-state index in [1.54, 1.807) is 14.2 Å². The molecule has 2 aromatic rings. The van der Waals surface area contributed by atoms with Gasteiger partial charge in [0.15, 0.2) is 5.96 Å². The molecule has 6 nitrogen and oxygen atoms in total. The smallest absolute Gasteiger partial charge is 0.191 e. The first kappa shape index (κ1) is 25.4. The van der Waals surface area contributed by atoms with Gasteiger partial charge in [-0.2, -0.15) is 0 Å². The molecule has 0 radical (unpaired) electrons. The summed E-state index contributed by atoms with van der Waals surface area (Å²) in [4.78, 5) is 4.35. The molecule has 0 aromatic heterocycles. The summed E-state index contributed by atoms with van der Waals surface area (Å²) in [7, 11) is 3.49. The molecular formula is C24H34IN3O3. The van der Waals surface area contributed by atoms with Crippen LogP contribution < -0.4 is 15.4 Å². The number of hydrogen-bond donors (Lipinski definition) is 2. The van der Waals surface area contributed by atoms with Crippen molar-refractivity contribution in [2.24, 2.45) is 4.99 Å². The van der Waals surface area contributed by atoms with Gasteiger partial charge in [-0.3, -0.25) is 4.99 Å². The lowest BCUT2D eigenvalue weighted by Crippen LogP contribution is -2.36. The van der Waals surface area contributed by atoms with E-state index in [1.807, 2.05) is 12.1 Å². The highest BCUT2D eigenvalue weighted by atomic mass is 127. The molecule has 3 rings (SSSR count). The van der Waals surface area contributed by atoms with Gasteiger partial charge in [0.1, 0.15) is 12.4 Å². The van der Waals surface area contributed by atoms with Crippen molar-refractivity contribution >= 4 is 29.9 Å². The maximum Gasteiger partial charge on any atom is 0.191 e. The maximum absolute atomic E-state index is 6.10. The van der Waals surface area contributed by atoms with Crippen LogP contribution in [0, 0.1) is 6.92 Å². The Balaban J connectivity index is 0.00000341. The molecule has 1 heterocycles. The zero-order chi connectivity index (χ0) is 21.2. The molecule has 0 aliphatic carbocycles. The lowest BCUT2D eigenvalue weighted by atomic mass is 10.1. The van der Waals surface area contributed by atoms with Crippen LogP contribution >= 0.6 is 24.0 Å². The largest absolute Gasteiger partial charge is 0.491 e. The van der Waals surface area contributed by atoms with Crippen molar-refractivity contribution in [3.8, 4) is 5.75 Å². The molecule has 1 atom stereocenters. The van der Waals surface area contributed by atoms with E-state index in [2.05, 4.69) is 52.9 Å². The van der Waals surface area contributed by atoms with Crippen LogP contribution in [0.3, 0.4) is 0 Å². The van der Waals surface area contributed by atoms with Gasteiger partial charge in [0.25, 0.3) is 0 Å². The number of rotatable bonds is 9. The standard InChI is InChI=1S/C24H33N3O3.HI/c1-18-10-11-20(23(13-18)30-17-22-9-6-12-29-22)15-27-24(25-2)26-14-19-7-4-5-8-21(19)16-28-3;/h4-5,7-8,10-11,13,22H,6,9,12,14-17H2,1-3H3,(H2,25,26,27);1H. The lowest BCUT2D eigenvalue weighted by molar-refractivity contribution is 0.0676. The van der Waals surface area contributed by atoms with E-state index in [-0.39, 0.29) is 30.1 Å². The first-order valence-corrected chi connectivity index (χ1v) is 10.5. The van der Waals surface area contributed by atoms with Crippen molar-refractivity contribution in [1.82, 2.24) is 10.6 Å². The van der Waals surface area contributed by atoms with E-state index >= 15 is 0 Å². The third-order valence-electron chi connectivity index (χ3n) is 5.21. The van der Waals surface area contributed by atoms with Gasteiger partial charge in [0, 0.05) is 39.4 Å². The Hall–Kier alpha value is -1.84. The first-order chi connectivity index (χ1) is 14.7. The van der Waals surface area contributed by atoms with Crippen molar-refractivity contribution in [3.63, 3.8) is 0 Å². The minimum atomic E-state index is 0. The number of halogens is 1. The monoisotopic (exact) mass is 539 g/mol. The minimum Gasteiger partial charge on any atom is -0.491 e. The average Bonchev–Trinajstić information content (AvgIpc) is 3.28. The van der Waals surface area contributed by atoms with Crippen molar-refractivity contribution in [2.75, 3.05) is 27.4 Å². The minimum absolute atomic E-state index is 0. The van der Waals surface area contributed by atoms with Gasteiger partial charge in [-0.15, -0.1) is 24.0 Å². The molecule has 1 aliphatic rings. The Labute approximate surface area is 202 Å².